The van der Waals surface area contributed by atoms with E-state index in [0.29, 0.717) is 0 Å². The number of benzene rings is 1. The molecule has 2 aliphatic rings. The Morgan fingerprint density at radius 3 is 2.63 bits per heavy atom. The SMILES string of the molecule is O=S(O)CN1CCN(c2ccc3c(c2)OCO3)CC1. The van der Waals surface area contributed by atoms with Crippen LogP contribution < -0.4 is 14.4 Å². The predicted molar refractivity (Wildman–Crippen MR) is 72.0 cm³/mol. The van der Waals surface area contributed by atoms with Gasteiger partial charge < -0.3 is 18.9 Å². The molecule has 1 unspecified atom stereocenters. The number of piperazine rings is 1. The molecule has 3 rings (SSSR count). The average Bonchev–Trinajstić information content (AvgIpc) is 2.86. The maximum atomic E-state index is 10.8. The van der Waals surface area contributed by atoms with Crippen molar-refractivity contribution in [1.82, 2.24) is 4.90 Å². The zero-order chi connectivity index (χ0) is 13.2. The molecule has 0 bridgehead atoms. The molecule has 1 saturated heterocycles. The molecular weight excluding hydrogens is 268 g/mol. The summed E-state index contributed by atoms with van der Waals surface area (Å²) >= 11 is -1.75. The number of anilines is 1. The van der Waals surface area contributed by atoms with Crippen LogP contribution in [0.25, 0.3) is 0 Å². The average molecular weight is 284 g/mol. The maximum Gasteiger partial charge on any atom is 0.231 e. The molecule has 0 saturated carbocycles. The minimum atomic E-state index is -1.75. The van der Waals surface area contributed by atoms with Crippen molar-refractivity contribution in [3.8, 4) is 11.5 Å². The Bertz CT molecular complexity index is 489. The minimum Gasteiger partial charge on any atom is -0.454 e. The van der Waals surface area contributed by atoms with Gasteiger partial charge in [0.1, 0.15) is 5.88 Å². The van der Waals surface area contributed by atoms with Gasteiger partial charge in [-0.15, -0.1) is 0 Å². The molecule has 0 radical (unpaired) electrons. The van der Waals surface area contributed by atoms with E-state index in [-0.39, 0.29) is 12.7 Å². The minimum absolute atomic E-state index is 0.231. The molecule has 2 heterocycles. The summed E-state index contributed by atoms with van der Waals surface area (Å²) in [5.74, 6) is 1.81. The Balaban J connectivity index is 1.63. The Morgan fingerprint density at radius 1 is 1.16 bits per heavy atom. The van der Waals surface area contributed by atoms with E-state index in [9.17, 15) is 4.21 Å². The monoisotopic (exact) mass is 284 g/mol. The molecule has 1 aromatic rings. The van der Waals surface area contributed by atoms with Crippen molar-refractivity contribution in [2.45, 2.75) is 0 Å². The van der Waals surface area contributed by atoms with Gasteiger partial charge in [0.05, 0.1) is 0 Å². The van der Waals surface area contributed by atoms with Crippen molar-refractivity contribution in [3.63, 3.8) is 0 Å². The molecule has 1 N–H and O–H groups in total. The van der Waals surface area contributed by atoms with Crippen LogP contribution in [-0.2, 0) is 11.1 Å². The van der Waals surface area contributed by atoms with Crippen LogP contribution in [0.5, 0.6) is 11.5 Å². The first-order valence-electron chi connectivity index (χ1n) is 6.17. The second kappa shape index (κ2) is 5.36. The van der Waals surface area contributed by atoms with Crippen molar-refractivity contribution < 1.29 is 18.2 Å². The van der Waals surface area contributed by atoms with Crippen LogP contribution in [0.3, 0.4) is 0 Å². The van der Waals surface area contributed by atoms with Crippen molar-refractivity contribution in [2.75, 3.05) is 43.7 Å². The van der Waals surface area contributed by atoms with Crippen LogP contribution in [0, 0.1) is 0 Å². The molecule has 7 heteroatoms. The Hall–Kier alpha value is -1.31. The fourth-order valence-corrected chi connectivity index (χ4v) is 2.94. The van der Waals surface area contributed by atoms with Gasteiger partial charge >= 0.3 is 0 Å². The Kier molecular flexibility index (Phi) is 3.58. The summed E-state index contributed by atoms with van der Waals surface area (Å²) < 4.78 is 30.3. The smallest absolute Gasteiger partial charge is 0.231 e. The molecule has 1 atom stereocenters. The summed E-state index contributed by atoms with van der Waals surface area (Å²) in [6, 6.07) is 5.93. The van der Waals surface area contributed by atoms with Crippen LogP contribution >= 0.6 is 0 Å². The summed E-state index contributed by atoms with van der Waals surface area (Å²) in [7, 11) is 0. The molecule has 6 nitrogen and oxygen atoms in total. The van der Waals surface area contributed by atoms with Crippen molar-refractivity contribution in [1.29, 1.82) is 0 Å². The van der Waals surface area contributed by atoms with E-state index >= 15 is 0 Å². The quantitative estimate of drug-likeness (QED) is 0.825. The zero-order valence-electron chi connectivity index (χ0n) is 10.4. The molecule has 19 heavy (non-hydrogen) atoms. The molecular formula is C12H16N2O4S. The summed E-state index contributed by atoms with van der Waals surface area (Å²) in [5.41, 5.74) is 1.11. The van der Waals surface area contributed by atoms with Gasteiger partial charge in [-0.1, -0.05) is 0 Å². The van der Waals surface area contributed by atoms with Gasteiger partial charge in [-0.05, 0) is 12.1 Å². The van der Waals surface area contributed by atoms with E-state index in [1.54, 1.807) is 0 Å². The molecule has 0 spiro atoms. The van der Waals surface area contributed by atoms with Gasteiger partial charge in [0.15, 0.2) is 22.6 Å². The first-order valence-corrected chi connectivity index (χ1v) is 7.44. The number of fused-ring (bicyclic) bond motifs is 1. The van der Waals surface area contributed by atoms with Crippen LogP contribution in [0.15, 0.2) is 18.2 Å². The second-order valence-electron chi connectivity index (χ2n) is 4.59. The fourth-order valence-electron chi connectivity index (χ4n) is 2.37. The summed E-state index contributed by atoms with van der Waals surface area (Å²) in [6.45, 7) is 3.56. The number of rotatable bonds is 3. The standard InChI is InChI=1S/C12H16N2O4S/c15-19(16)8-13-3-5-14(6-4-13)10-1-2-11-12(7-10)18-9-17-11/h1-2,7H,3-6,8-9H2,(H,15,16). The molecule has 0 aromatic heterocycles. The zero-order valence-corrected chi connectivity index (χ0v) is 11.3. The van der Waals surface area contributed by atoms with Gasteiger partial charge in [0, 0.05) is 37.9 Å². The predicted octanol–water partition coefficient (Wildman–Crippen LogP) is 0.716. The highest BCUT2D eigenvalue weighted by Gasteiger charge is 2.20. The normalized spacial score (nSPS) is 20.6. The second-order valence-corrected chi connectivity index (χ2v) is 5.49. The van der Waals surface area contributed by atoms with Crippen LogP contribution in [0.1, 0.15) is 0 Å². The number of hydrogen-bond donors (Lipinski definition) is 1. The lowest BCUT2D eigenvalue weighted by Crippen LogP contribution is -2.47. The molecule has 1 fully saturated rings. The van der Waals surface area contributed by atoms with E-state index < -0.39 is 11.1 Å². The van der Waals surface area contributed by atoms with E-state index in [1.807, 2.05) is 23.1 Å². The highest BCUT2D eigenvalue weighted by molar-refractivity contribution is 7.79. The lowest BCUT2D eigenvalue weighted by Gasteiger charge is -2.35. The van der Waals surface area contributed by atoms with Gasteiger partial charge in [-0.25, -0.2) is 4.21 Å². The molecule has 2 aliphatic heterocycles. The third-order valence-corrected chi connectivity index (χ3v) is 3.97. The molecule has 0 aliphatic carbocycles. The van der Waals surface area contributed by atoms with E-state index in [0.717, 1.165) is 43.4 Å². The lowest BCUT2D eigenvalue weighted by molar-refractivity contribution is 0.174. The Labute approximate surface area is 114 Å². The van der Waals surface area contributed by atoms with Gasteiger partial charge in [-0.2, -0.15) is 0 Å². The highest BCUT2D eigenvalue weighted by Crippen LogP contribution is 2.35. The number of ether oxygens (including phenoxy) is 2. The third-order valence-electron chi connectivity index (χ3n) is 3.39. The van der Waals surface area contributed by atoms with Crippen molar-refractivity contribution >= 4 is 16.8 Å². The fraction of sp³-hybridized carbons (Fsp3) is 0.500. The van der Waals surface area contributed by atoms with Crippen LogP contribution in [0.4, 0.5) is 5.69 Å². The first-order chi connectivity index (χ1) is 9.22. The number of nitrogens with zero attached hydrogens (tertiary/aromatic N) is 2. The van der Waals surface area contributed by atoms with Gasteiger partial charge in [0.25, 0.3) is 0 Å². The van der Waals surface area contributed by atoms with E-state index in [2.05, 4.69) is 4.90 Å². The maximum absolute atomic E-state index is 10.8. The first kappa shape index (κ1) is 12.7. The largest absolute Gasteiger partial charge is 0.454 e. The lowest BCUT2D eigenvalue weighted by atomic mass is 10.2. The molecule has 1 aromatic carbocycles. The summed E-state index contributed by atoms with van der Waals surface area (Å²) in [4.78, 5) is 4.25. The molecule has 0 amide bonds. The Morgan fingerprint density at radius 2 is 1.89 bits per heavy atom. The van der Waals surface area contributed by atoms with Crippen LogP contribution in [-0.4, -0.2) is 52.5 Å². The summed E-state index contributed by atoms with van der Waals surface area (Å²) in [5, 5.41) is 0. The number of hydrogen-bond acceptors (Lipinski definition) is 5. The van der Waals surface area contributed by atoms with Crippen molar-refractivity contribution in [2.24, 2.45) is 0 Å². The van der Waals surface area contributed by atoms with E-state index in [1.165, 1.54) is 0 Å². The van der Waals surface area contributed by atoms with Gasteiger partial charge in [0.2, 0.25) is 6.79 Å². The summed E-state index contributed by atoms with van der Waals surface area (Å²) in [6.07, 6.45) is 0. The third kappa shape index (κ3) is 2.83. The highest BCUT2D eigenvalue weighted by atomic mass is 32.2. The van der Waals surface area contributed by atoms with Crippen molar-refractivity contribution in [3.05, 3.63) is 18.2 Å². The van der Waals surface area contributed by atoms with Crippen LogP contribution in [0.2, 0.25) is 0 Å². The topological polar surface area (TPSA) is 62.2 Å². The molecule has 104 valence electrons. The van der Waals surface area contributed by atoms with E-state index in [4.69, 9.17) is 14.0 Å². The van der Waals surface area contributed by atoms with Gasteiger partial charge in [-0.3, -0.25) is 4.90 Å².